The van der Waals surface area contributed by atoms with Crippen LogP contribution in [0.4, 0.5) is 0 Å². The van der Waals surface area contributed by atoms with Crippen molar-refractivity contribution in [2.24, 2.45) is 5.73 Å². The summed E-state index contributed by atoms with van der Waals surface area (Å²) in [5.74, 6) is 1.44. The highest BCUT2D eigenvalue weighted by molar-refractivity contribution is 7.81. The molecule has 2 rings (SSSR count). The summed E-state index contributed by atoms with van der Waals surface area (Å²) in [6, 6.07) is 10.7. The smallest absolute Gasteiger partial charge is 0.247 e. The number of nitrogens with zero attached hydrogens (tertiary/aromatic N) is 1. The van der Waals surface area contributed by atoms with Gasteiger partial charge in [-0.2, -0.15) is 0 Å². The number of carbonyl (C=O) groups excluding carboxylic acids is 2. The third kappa shape index (κ3) is 9.73. The van der Waals surface area contributed by atoms with Gasteiger partial charge in [-0.3, -0.25) is 20.0 Å². The molecule has 37 heavy (non-hydrogen) atoms. The number of thiocarbonyl (C=S) groups is 2. The van der Waals surface area contributed by atoms with E-state index in [1.807, 2.05) is 32.0 Å². The maximum Gasteiger partial charge on any atom is 0.247 e. The van der Waals surface area contributed by atoms with Gasteiger partial charge in [0.05, 0.1) is 39.6 Å². The van der Waals surface area contributed by atoms with Crippen LogP contribution in [0.1, 0.15) is 31.4 Å². The van der Waals surface area contributed by atoms with Gasteiger partial charge in [0.25, 0.3) is 0 Å². The number of amides is 2. The first-order chi connectivity index (χ1) is 17.6. The molecule has 0 atom stereocenters. The minimum atomic E-state index is -0.710. The zero-order valence-electron chi connectivity index (χ0n) is 21.9. The van der Waals surface area contributed by atoms with E-state index in [1.54, 1.807) is 39.5 Å². The summed E-state index contributed by atoms with van der Waals surface area (Å²) >= 11 is 10.6. The van der Waals surface area contributed by atoms with Gasteiger partial charge < -0.3 is 30.0 Å². The molecule has 12 heteroatoms. The fourth-order valence-electron chi connectivity index (χ4n) is 3.00. The molecule has 0 aliphatic heterocycles. The maximum absolute atomic E-state index is 11.7. The zero-order valence-corrected chi connectivity index (χ0v) is 23.5. The number of carbonyl (C=O) groups is 2. The summed E-state index contributed by atoms with van der Waals surface area (Å²) in [7, 11) is 6.32. The standard InChI is InChI=1S/C14H19N3O4S.C11H15NO2S/c1-4-17(16-13(19)8-12(15)18)14(22)10-7-9(20-2)5-6-11(10)21-3;1-4-12-11(15)9-7-8(13-2)5-6-10(9)14-3/h5-7H,4,8H2,1-3H3,(H2,15,18)(H,16,19);5-7H,4H2,1-3H3,(H,12,15). The van der Waals surface area contributed by atoms with Crippen LogP contribution in [-0.2, 0) is 9.59 Å². The van der Waals surface area contributed by atoms with Crippen LogP contribution in [0.2, 0.25) is 0 Å². The Bertz CT molecular complexity index is 1100. The quantitative estimate of drug-likeness (QED) is 0.231. The molecule has 2 aromatic rings. The number of benzene rings is 2. The second-order valence-electron chi connectivity index (χ2n) is 7.22. The minimum Gasteiger partial charge on any atom is -0.497 e. The van der Waals surface area contributed by atoms with Crippen molar-refractivity contribution in [3.8, 4) is 23.0 Å². The van der Waals surface area contributed by atoms with E-state index in [-0.39, 0.29) is 0 Å². The number of nitrogens with two attached hydrogens (primary N) is 1. The van der Waals surface area contributed by atoms with Crippen LogP contribution in [0, 0.1) is 0 Å². The highest BCUT2D eigenvalue weighted by atomic mass is 32.1. The van der Waals surface area contributed by atoms with Crippen LogP contribution in [-0.4, -0.2) is 68.3 Å². The molecule has 0 unspecified atom stereocenters. The van der Waals surface area contributed by atoms with Gasteiger partial charge in [0, 0.05) is 13.1 Å². The molecule has 0 saturated carbocycles. The largest absolute Gasteiger partial charge is 0.497 e. The Morgan fingerprint density at radius 1 is 0.865 bits per heavy atom. The number of primary amides is 1. The Morgan fingerprint density at radius 3 is 1.81 bits per heavy atom. The molecule has 0 aliphatic carbocycles. The maximum atomic E-state index is 11.7. The summed E-state index contributed by atoms with van der Waals surface area (Å²) in [5, 5.41) is 4.53. The lowest BCUT2D eigenvalue weighted by Gasteiger charge is -2.25. The third-order valence-corrected chi connectivity index (χ3v) is 5.59. The van der Waals surface area contributed by atoms with Crippen molar-refractivity contribution < 1.29 is 28.5 Å². The normalized spacial score (nSPS) is 9.68. The summed E-state index contributed by atoms with van der Waals surface area (Å²) in [4.78, 5) is 23.5. The van der Waals surface area contributed by atoms with Crippen LogP contribution in [0.15, 0.2) is 36.4 Å². The minimum absolute atomic E-state index is 0.344. The number of hydrogen-bond acceptors (Lipinski definition) is 8. The molecule has 0 heterocycles. The monoisotopic (exact) mass is 550 g/mol. The molecule has 4 N–H and O–H groups in total. The fraction of sp³-hybridized carbons (Fsp3) is 0.360. The van der Waals surface area contributed by atoms with E-state index >= 15 is 0 Å². The van der Waals surface area contributed by atoms with E-state index in [1.165, 1.54) is 12.1 Å². The van der Waals surface area contributed by atoms with Crippen molar-refractivity contribution >= 4 is 46.2 Å². The Hall–Kier alpha value is -3.64. The van der Waals surface area contributed by atoms with Crippen molar-refractivity contribution in [2.75, 3.05) is 41.5 Å². The Balaban J connectivity index is 0.000000397. The average molecular weight is 551 g/mol. The van der Waals surface area contributed by atoms with Gasteiger partial charge in [-0.1, -0.05) is 24.4 Å². The Morgan fingerprint density at radius 2 is 1.38 bits per heavy atom. The predicted octanol–water partition coefficient (Wildman–Crippen LogP) is 2.60. The summed E-state index contributed by atoms with van der Waals surface area (Å²) in [6.07, 6.45) is -0.408. The number of nitrogens with one attached hydrogen (secondary N) is 2. The molecule has 0 saturated heterocycles. The molecular weight excluding hydrogens is 516 g/mol. The summed E-state index contributed by atoms with van der Waals surface area (Å²) in [5.41, 5.74) is 8.99. The molecule has 202 valence electrons. The first kappa shape index (κ1) is 31.4. The van der Waals surface area contributed by atoms with E-state index in [9.17, 15) is 9.59 Å². The van der Waals surface area contributed by atoms with Crippen LogP contribution < -0.4 is 35.4 Å². The predicted molar refractivity (Wildman–Crippen MR) is 151 cm³/mol. The molecule has 0 fully saturated rings. The van der Waals surface area contributed by atoms with Gasteiger partial charge >= 0.3 is 0 Å². The lowest BCUT2D eigenvalue weighted by atomic mass is 10.2. The van der Waals surface area contributed by atoms with Gasteiger partial charge in [0.2, 0.25) is 11.8 Å². The molecule has 10 nitrogen and oxygen atoms in total. The van der Waals surface area contributed by atoms with Crippen molar-refractivity contribution in [3.63, 3.8) is 0 Å². The fourth-order valence-corrected chi connectivity index (χ4v) is 3.63. The number of methoxy groups -OCH3 is 4. The molecule has 2 amide bonds. The molecule has 0 bridgehead atoms. The van der Waals surface area contributed by atoms with Crippen LogP contribution in [0.3, 0.4) is 0 Å². The van der Waals surface area contributed by atoms with Crippen LogP contribution in [0.25, 0.3) is 0 Å². The first-order valence-electron chi connectivity index (χ1n) is 11.3. The lowest BCUT2D eigenvalue weighted by Crippen LogP contribution is -2.46. The Labute approximate surface area is 228 Å². The Kier molecular flexibility index (Phi) is 13.7. The van der Waals surface area contributed by atoms with Gasteiger partial charge in [-0.25, -0.2) is 0 Å². The van der Waals surface area contributed by atoms with Crippen molar-refractivity contribution in [1.82, 2.24) is 15.8 Å². The van der Waals surface area contributed by atoms with E-state index in [4.69, 9.17) is 49.1 Å². The van der Waals surface area contributed by atoms with E-state index in [0.717, 1.165) is 23.6 Å². The molecule has 0 aliphatic rings. The highest BCUT2D eigenvalue weighted by Crippen LogP contribution is 2.26. The number of rotatable bonds is 10. The molecule has 0 radical (unpaired) electrons. The van der Waals surface area contributed by atoms with Gasteiger partial charge in [0.15, 0.2) is 0 Å². The topological polar surface area (TPSA) is 124 Å². The molecular formula is C25H34N4O6S2. The van der Waals surface area contributed by atoms with Gasteiger partial charge in [-0.15, -0.1) is 0 Å². The van der Waals surface area contributed by atoms with E-state index < -0.39 is 18.2 Å². The van der Waals surface area contributed by atoms with Gasteiger partial charge in [-0.05, 0) is 50.2 Å². The van der Waals surface area contributed by atoms with Crippen molar-refractivity contribution in [1.29, 1.82) is 0 Å². The average Bonchev–Trinajstić information content (AvgIpc) is 2.90. The van der Waals surface area contributed by atoms with Crippen molar-refractivity contribution in [2.45, 2.75) is 20.3 Å². The summed E-state index contributed by atoms with van der Waals surface area (Å²) in [6.45, 7) is 5.01. The highest BCUT2D eigenvalue weighted by Gasteiger charge is 2.18. The zero-order chi connectivity index (χ0) is 28.0. The molecule has 0 aromatic heterocycles. The first-order valence-corrected chi connectivity index (χ1v) is 12.1. The number of hydrogen-bond donors (Lipinski definition) is 3. The number of ether oxygens (including phenoxy) is 4. The summed E-state index contributed by atoms with van der Waals surface area (Å²) < 4.78 is 20.8. The lowest BCUT2D eigenvalue weighted by molar-refractivity contribution is -0.129. The van der Waals surface area contributed by atoms with E-state index in [0.29, 0.717) is 33.6 Å². The third-order valence-electron chi connectivity index (χ3n) is 4.78. The van der Waals surface area contributed by atoms with E-state index in [2.05, 4.69) is 10.7 Å². The van der Waals surface area contributed by atoms with Gasteiger partial charge in [0.1, 0.15) is 39.4 Å². The second-order valence-corrected chi connectivity index (χ2v) is 8.01. The SMILES string of the molecule is CCN(NC(=O)CC(N)=O)C(=S)c1cc(OC)ccc1OC.CCNC(=S)c1cc(OC)ccc1OC. The number of hydrazine groups is 1. The second kappa shape index (κ2) is 16.2. The van der Waals surface area contributed by atoms with Crippen LogP contribution >= 0.6 is 24.4 Å². The molecule has 2 aromatic carbocycles. The molecule has 0 spiro atoms. The van der Waals surface area contributed by atoms with Crippen LogP contribution in [0.5, 0.6) is 23.0 Å². The van der Waals surface area contributed by atoms with Crippen molar-refractivity contribution in [3.05, 3.63) is 47.5 Å².